The lowest BCUT2D eigenvalue weighted by Crippen LogP contribution is -2.10. The number of carboxylic acid groups (broad SMARTS) is 1. The van der Waals surface area contributed by atoms with E-state index >= 15 is 0 Å². The lowest BCUT2D eigenvalue weighted by Gasteiger charge is -2.17. The quantitative estimate of drug-likeness (QED) is 0.933. The lowest BCUT2D eigenvalue weighted by molar-refractivity contribution is 0.0692. The molecule has 0 aromatic carbocycles. The van der Waals surface area contributed by atoms with Crippen molar-refractivity contribution in [2.75, 3.05) is 0 Å². The van der Waals surface area contributed by atoms with Gasteiger partial charge in [-0.3, -0.25) is 0 Å². The van der Waals surface area contributed by atoms with E-state index in [0.29, 0.717) is 5.03 Å². The van der Waals surface area contributed by atoms with Crippen molar-refractivity contribution in [1.82, 2.24) is 4.98 Å². The molecule has 0 saturated heterocycles. The Morgan fingerprint density at radius 3 is 2.90 bits per heavy atom. The Balaban J connectivity index is 2.04. The minimum Gasteiger partial charge on any atom is -0.478 e. The molecule has 2 aromatic heterocycles. The Bertz CT molecular complexity index is 663. The molecule has 1 N–H and O–H groups in total. The van der Waals surface area contributed by atoms with Crippen molar-refractivity contribution in [2.45, 2.75) is 42.5 Å². The van der Waals surface area contributed by atoms with Gasteiger partial charge < -0.3 is 9.52 Å². The van der Waals surface area contributed by atoms with Gasteiger partial charge in [-0.2, -0.15) is 0 Å². The van der Waals surface area contributed by atoms with Crippen LogP contribution in [-0.2, 0) is 12.8 Å². The van der Waals surface area contributed by atoms with Crippen LogP contribution in [0.5, 0.6) is 0 Å². The summed E-state index contributed by atoms with van der Waals surface area (Å²) < 4.78 is 5.25. The summed E-state index contributed by atoms with van der Waals surface area (Å²) >= 11 is 1.36. The van der Waals surface area contributed by atoms with Gasteiger partial charge >= 0.3 is 5.97 Å². The maximum Gasteiger partial charge on any atom is 0.338 e. The molecule has 104 valence electrons. The zero-order valence-corrected chi connectivity index (χ0v) is 12.0. The Hall–Kier alpha value is -1.75. The third-order valence-corrected chi connectivity index (χ3v) is 4.66. The molecule has 0 aliphatic heterocycles. The van der Waals surface area contributed by atoms with Crippen LogP contribution in [0.4, 0.5) is 0 Å². The molecule has 0 amide bonds. The Labute approximate surface area is 121 Å². The fourth-order valence-electron chi connectivity index (χ4n) is 2.43. The summed E-state index contributed by atoms with van der Waals surface area (Å²) in [4.78, 5) is 16.9. The number of furan rings is 1. The number of carboxylic acids is 1. The Morgan fingerprint density at radius 2 is 2.20 bits per heavy atom. The Morgan fingerprint density at radius 1 is 1.40 bits per heavy atom. The molecule has 3 rings (SSSR count). The first kappa shape index (κ1) is 13.2. The van der Waals surface area contributed by atoms with Gasteiger partial charge in [0.15, 0.2) is 0 Å². The summed E-state index contributed by atoms with van der Waals surface area (Å²) in [6.45, 7) is 1.86. The van der Waals surface area contributed by atoms with Crippen molar-refractivity contribution >= 4 is 17.7 Å². The fourth-order valence-corrected chi connectivity index (χ4v) is 3.36. The zero-order valence-electron chi connectivity index (χ0n) is 11.2. The van der Waals surface area contributed by atoms with E-state index in [9.17, 15) is 9.90 Å². The molecule has 1 aliphatic carbocycles. The van der Waals surface area contributed by atoms with Gasteiger partial charge in [-0.15, -0.1) is 0 Å². The van der Waals surface area contributed by atoms with E-state index < -0.39 is 5.97 Å². The smallest absolute Gasteiger partial charge is 0.338 e. The number of aromatic carboxylic acids is 1. The molecule has 0 spiro atoms. The average molecular weight is 289 g/mol. The minimum absolute atomic E-state index is 0.288. The second-order valence-electron chi connectivity index (χ2n) is 4.90. The van der Waals surface area contributed by atoms with Crippen molar-refractivity contribution in [3.63, 3.8) is 0 Å². The van der Waals surface area contributed by atoms with Crippen LogP contribution in [0.1, 0.15) is 40.2 Å². The average Bonchev–Trinajstić information content (AvgIpc) is 2.83. The topological polar surface area (TPSA) is 63.3 Å². The number of carbonyl (C=O) groups is 1. The molecule has 20 heavy (non-hydrogen) atoms. The standard InChI is InChI=1S/C15H15NO3S/c1-9-13(6-7-19-9)20-14-11(15(17)18)8-10-4-2-3-5-12(10)16-14/h6-8H,2-5H2,1H3,(H,17,18). The van der Waals surface area contributed by atoms with E-state index in [0.717, 1.165) is 47.6 Å². The van der Waals surface area contributed by atoms with Gasteiger partial charge in [-0.05, 0) is 50.3 Å². The highest BCUT2D eigenvalue weighted by molar-refractivity contribution is 7.99. The molecule has 0 fully saturated rings. The molecule has 0 bridgehead atoms. The highest BCUT2D eigenvalue weighted by atomic mass is 32.2. The maximum absolute atomic E-state index is 11.4. The number of fused-ring (bicyclic) bond motifs is 1. The monoisotopic (exact) mass is 289 g/mol. The molecule has 4 nitrogen and oxygen atoms in total. The van der Waals surface area contributed by atoms with Gasteiger partial charge in [0.2, 0.25) is 0 Å². The third-order valence-electron chi connectivity index (χ3n) is 3.51. The van der Waals surface area contributed by atoms with Crippen molar-refractivity contribution in [3.8, 4) is 0 Å². The first-order chi connectivity index (χ1) is 9.65. The summed E-state index contributed by atoms with van der Waals surface area (Å²) in [5.41, 5.74) is 2.42. The molecule has 0 unspecified atom stereocenters. The highest BCUT2D eigenvalue weighted by Crippen LogP contribution is 2.34. The minimum atomic E-state index is -0.922. The van der Waals surface area contributed by atoms with Gasteiger partial charge in [0.05, 0.1) is 16.7 Å². The lowest BCUT2D eigenvalue weighted by atomic mass is 9.95. The van der Waals surface area contributed by atoms with E-state index in [2.05, 4.69) is 4.98 Å². The largest absolute Gasteiger partial charge is 0.478 e. The normalized spacial score (nSPS) is 14.1. The maximum atomic E-state index is 11.4. The predicted molar refractivity (Wildman–Crippen MR) is 75.4 cm³/mol. The molecule has 1 aliphatic rings. The molecule has 5 heteroatoms. The zero-order chi connectivity index (χ0) is 14.1. The van der Waals surface area contributed by atoms with Crippen molar-refractivity contribution in [2.24, 2.45) is 0 Å². The first-order valence-electron chi connectivity index (χ1n) is 6.63. The number of aryl methyl sites for hydroxylation is 3. The van der Waals surface area contributed by atoms with Crippen LogP contribution in [-0.4, -0.2) is 16.1 Å². The van der Waals surface area contributed by atoms with Gasteiger partial charge in [-0.25, -0.2) is 9.78 Å². The van der Waals surface area contributed by atoms with E-state index in [1.165, 1.54) is 11.8 Å². The summed E-state index contributed by atoms with van der Waals surface area (Å²) in [6, 6.07) is 3.63. The predicted octanol–water partition coefficient (Wildman–Crippen LogP) is 3.71. The van der Waals surface area contributed by atoms with E-state index in [1.807, 2.05) is 13.0 Å². The SMILES string of the molecule is Cc1occc1Sc1nc2c(cc1C(=O)O)CCCC2. The molecule has 0 radical (unpaired) electrons. The van der Waals surface area contributed by atoms with Crippen LogP contribution in [0.15, 0.2) is 32.7 Å². The molecular formula is C15H15NO3S. The van der Waals surface area contributed by atoms with Gasteiger partial charge in [0, 0.05) is 5.69 Å². The third kappa shape index (κ3) is 2.45. The second-order valence-corrected chi connectivity index (χ2v) is 5.93. The van der Waals surface area contributed by atoms with Gasteiger partial charge in [-0.1, -0.05) is 11.8 Å². The fraction of sp³-hybridized carbons (Fsp3) is 0.333. The number of rotatable bonds is 3. The molecular weight excluding hydrogens is 274 g/mol. The number of hydrogen-bond donors (Lipinski definition) is 1. The van der Waals surface area contributed by atoms with Crippen molar-refractivity contribution in [3.05, 3.63) is 41.0 Å². The van der Waals surface area contributed by atoms with Crippen molar-refractivity contribution < 1.29 is 14.3 Å². The number of pyridine rings is 1. The second kappa shape index (κ2) is 5.32. The summed E-state index contributed by atoms with van der Waals surface area (Å²) in [5, 5.41) is 9.95. The number of nitrogens with zero attached hydrogens (tertiary/aromatic N) is 1. The highest BCUT2D eigenvalue weighted by Gasteiger charge is 2.20. The van der Waals surface area contributed by atoms with E-state index in [4.69, 9.17) is 4.42 Å². The Kier molecular flexibility index (Phi) is 3.53. The van der Waals surface area contributed by atoms with Crippen molar-refractivity contribution in [1.29, 1.82) is 0 Å². The van der Waals surface area contributed by atoms with E-state index in [1.54, 1.807) is 12.3 Å². The molecule has 2 aromatic rings. The summed E-state index contributed by atoms with van der Waals surface area (Å²) in [7, 11) is 0. The molecule has 0 atom stereocenters. The summed E-state index contributed by atoms with van der Waals surface area (Å²) in [5.74, 6) is -0.139. The molecule has 0 saturated carbocycles. The van der Waals surface area contributed by atoms with Crippen LogP contribution >= 0.6 is 11.8 Å². The van der Waals surface area contributed by atoms with E-state index in [-0.39, 0.29) is 5.56 Å². The van der Waals surface area contributed by atoms with Crippen LogP contribution < -0.4 is 0 Å². The number of aromatic nitrogens is 1. The summed E-state index contributed by atoms with van der Waals surface area (Å²) in [6.07, 6.45) is 5.71. The number of hydrogen-bond acceptors (Lipinski definition) is 4. The van der Waals surface area contributed by atoms with Crippen LogP contribution in [0.3, 0.4) is 0 Å². The van der Waals surface area contributed by atoms with Crippen LogP contribution in [0, 0.1) is 6.92 Å². The van der Waals surface area contributed by atoms with Crippen LogP contribution in [0.2, 0.25) is 0 Å². The first-order valence-corrected chi connectivity index (χ1v) is 7.45. The van der Waals surface area contributed by atoms with Gasteiger partial charge in [0.25, 0.3) is 0 Å². The van der Waals surface area contributed by atoms with Crippen LogP contribution in [0.25, 0.3) is 0 Å². The van der Waals surface area contributed by atoms with Gasteiger partial charge in [0.1, 0.15) is 10.8 Å². The molecule has 2 heterocycles.